The smallest absolute Gasteiger partial charge is 0.243 e. The molecule has 0 saturated carbocycles. The van der Waals surface area contributed by atoms with Gasteiger partial charge in [0.05, 0.1) is 6.54 Å². The molecule has 0 atom stereocenters. The minimum atomic E-state index is -0.899. The van der Waals surface area contributed by atoms with Gasteiger partial charge >= 0.3 is 0 Å². The highest BCUT2D eigenvalue weighted by Crippen LogP contribution is 2.33. The molecule has 2 heterocycles. The van der Waals surface area contributed by atoms with Crippen LogP contribution in [-0.4, -0.2) is 21.8 Å². The van der Waals surface area contributed by atoms with Crippen molar-refractivity contribution in [2.24, 2.45) is 0 Å². The quantitative estimate of drug-likeness (QED) is 0.606. The van der Waals surface area contributed by atoms with Crippen molar-refractivity contribution < 1.29 is 13.6 Å². The molecular formula is C21H18ClF2N3O. The lowest BCUT2D eigenvalue weighted by atomic mass is 9.97. The van der Waals surface area contributed by atoms with Crippen molar-refractivity contribution >= 4 is 34.4 Å². The Balaban J connectivity index is 1.80. The Hall–Kier alpha value is -2.60. The fourth-order valence-corrected chi connectivity index (χ4v) is 3.96. The summed E-state index contributed by atoms with van der Waals surface area (Å²) in [5, 5.41) is 0.815. The maximum Gasteiger partial charge on any atom is 0.243 e. The number of amides is 1. The first-order valence-corrected chi connectivity index (χ1v) is 9.61. The third-order valence-electron chi connectivity index (χ3n) is 5.30. The molecule has 0 bridgehead atoms. The molecule has 0 N–H and O–H groups in total. The lowest BCUT2D eigenvalue weighted by molar-refractivity contribution is -0.116. The Morgan fingerprint density at radius 1 is 1.18 bits per heavy atom. The molecule has 28 heavy (non-hydrogen) atoms. The van der Waals surface area contributed by atoms with Gasteiger partial charge in [-0.1, -0.05) is 0 Å². The number of nitrogens with zero attached hydrogens (tertiary/aromatic N) is 3. The second-order valence-corrected chi connectivity index (χ2v) is 7.14. The second kappa shape index (κ2) is 7.43. The molecule has 0 spiro atoms. The largest absolute Gasteiger partial charge is 0.291 e. The van der Waals surface area contributed by atoms with Gasteiger partial charge in [-0.05, 0) is 67.1 Å². The number of halogens is 3. The normalized spacial score (nSPS) is 13.0. The van der Waals surface area contributed by atoms with Crippen LogP contribution >= 0.6 is 11.6 Å². The highest BCUT2D eigenvalue weighted by atomic mass is 35.5. The summed E-state index contributed by atoms with van der Waals surface area (Å²) < 4.78 is 29.4. The molecule has 7 heteroatoms. The molecule has 4 rings (SSSR count). The summed E-state index contributed by atoms with van der Waals surface area (Å²) in [6, 6.07) is 7.08. The number of hydrogen-bond donors (Lipinski definition) is 0. The van der Waals surface area contributed by atoms with Crippen LogP contribution in [0.2, 0.25) is 0 Å². The molecule has 3 aromatic rings. The Morgan fingerprint density at radius 2 is 1.96 bits per heavy atom. The van der Waals surface area contributed by atoms with Crippen molar-refractivity contribution in [3.05, 3.63) is 64.4 Å². The zero-order valence-electron chi connectivity index (χ0n) is 15.3. The third kappa shape index (κ3) is 3.11. The zero-order chi connectivity index (χ0) is 19.8. The fraction of sp³-hybridized carbons (Fsp3) is 0.286. The zero-order valence-corrected chi connectivity index (χ0v) is 16.1. The van der Waals surface area contributed by atoms with E-state index in [0.29, 0.717) is 35.4 Å². The fourth-order valence-electron chi connectivity index (χ4n) is 3.82. The number of pyridine rings is 2. The van der Waals surface area contributed by atoms with Crippen LogP contribution in [0, 0.1) is 18.6 Å². The minimum absolute atomic E-state index is 0.140. The van der Waals surface area contributed by atoms with Gasteiger partial charge in [0.25, 0.3) is 0 Å². The molecule has 1 aliphatic rings. The van der Waals surface area contributed by atoms with E-state index in [1.807, 2.05) is 6.07 Å². The Bertz CT molecular complexity index is 1090. The summed E-state index contributed by atoms with van der Waals surface area (Å²) in [6.45, 7) is 1.64. The van der Waals surface area contributed by atoms with Gasteiger partial charge < -0.3 is 0 Å². The number of anilines is 1. The highest BCUT2D eigenvalue weighted by molar-refractivity contribution is 6.29. The number of benzene rings is 1. The molecule has 4 nitrogen and oxygen atoms in total. The molecule has 0 aliphatic heterocycles. The van der Waals surface area contributed by atoms with Crippen LogP contribution in [0.5, 0.6) is 0 Å². The predicted molar refractivity (Wildman–Crippen MR) is 105 cm³/mol. The van der Waals surface area contributed by atoms with Gasteiger partial charge in [0, 0.05) is 17.1 Å². The van der Waals surface area contributed by atoms with E-state index in [1.54, 1.807) is 31.3 Å². The first-order valence-electron chi connectivity index (χ1n) is 9.07. The molecule has 0 fully saturated rings. The molecule has 2 aromatic heterocycles. The maximum absolute atomic E-state index is 14.8. The van der Waals surface area contributed by atoms with Gasteiger partial charge in [-0.25, -0.2) is 18.7 Å². The van der Waals surface area contributed by atoms with Crippen LogP contribution in [0.4, 0.5) is 14.6 Å². The predicted octanol–water partition coefficient (Wildman–Crippen LogP) is 4.48. The average Bonchev–Trinajstić information content (AvgIpc) is 3.22. The van der Waals surface area contributed by atoms with E-state index in [0.717, 1.165) is 17.4 Å². The SMILES string of the molecule is Cc1c(CN(C(=O)CCl)c2ccc3cccnc3n2)c(F)c(F)c2c1CCC2. The molecular weight excluding hydrogens is 384 g/mol. The lowest BCUT2D eigenvalue weighted by Crippen LogP contribution is -2.33. The van der Waals surface area contributed by atoms with Crippen molar-refractivity contribution in [3.8, 4) is 0 Å². The first-order chi connectivity index (χ1) is 13.5. The second-order valence-electron chi connectivity index (χ2n) is 6.88. The summed E-state index contributed by atoms with van der Waals surface area (Å²) in [5.74, 6) is -2.14. The number of fused-ring (bicyclic) bond motifs is 2. The van der Waals surface area contributed by atoms with Gasteiger partial charge in [0.1, 0.15) is 11.7 Å². The summed E-state index contributed by atoms with van der Waals surface area (Å²) >= 11 is 5.78. The maximum atomic E-state index is 14.8. The molecule has 144 valence electrons. The summed E-state index contributed by atoms with van der Waals surface area (Å²) in [7, 11) is 0. The van der Waals surface area contributed by atoms with E-state index < -0.39 is 17.5 Å². The van der Waals surface area contributed by atoms with Crippen molar-refractivity contribution in [3.63, 3.8) is 0 Å². The summed E-state index contributed by atoms with van der Waals surface area (Å²) in [4.78, 5) is 22.4. The molecule has 1 amide bonds. The van der Waals surface area contributed by atoms with Crippen LogP contribution in [0.15, 0.2) is 30.5 Å². The van der Waals surface area contributed by atoms with Crippen LogP contribution in [0.25, 0.3) is 11.0 Å². The average molecular weight is 402 g/mol. The van der Waals surface area contributed by atoms with Crippen molar-refractivity contribution in [2.75, 3.05) is 10.8 Å². The van der Waals surface area contributed by atoms with E-state index in [1.165, 1.54) is 4.90 Å². The Morgan fingerprint density at radius 3 is 2.75 bits per heavy atom. The van der Waals surface area contributed by atoms with E-state index in [-0.39, 0.29) is 18.0 Å². The lowest BCUT2D eigenvalue weighted by Gasteiger charge is -2.24. The molecule has 0 unspecified atom stereocenters. The standard InChI is InChI=1S/C21H18ClF2N3O/c1-12-14-5-2-6-15(14)19(23)20(24)16(12)11-27(18(28)10-22)17-8-7-13-4-3-9-25-21(13)26-17/h3-4,7-9H,2,5-6,10-11H2,1H3. The number of hydrogen-bond acceptors (Lipinski definition) is 3. The van der Waals surface area contributed by atoms with E-state index in [2.05, 4.69) is 9.97 Å². The van der Waals surface area contributed by atoms with E-state index >= 15 is 0 Å². The van der Waals surface area contributed by atoms with Crippen molar-refractivity contribution in [2.45, 2.75) is 32.7 Å². The molecule has 1 aliphatic carbocycles. The topological polar surface area (TPSA) is 46.1 Å². The first kappa shape index (κ1) is 18.7. The monoisotopic (exact) mass is 401 g/mol. The molecule has 1 aromatic carbocycles. The van der Waals surface area contributed by atoms with Crippen molar-refractivity contribution in [1.82, 2.24) is 9.97 Å². The van der Waals surface area contributed by atoms with Crippen molar-refractivity contribution in [1.29, 1.82) is 0 Å². The molecule has 0 saturated heterocycles. The van der Waals surface area contributed by atoms with Crippen LogP contribution in [0.3, 0.4) is 0 Å². The number of alkyl halides is 1. The summed E-state index contributed by atoms with van der Waals surface area (Å²) in [5.41, 5.74) is 2.63. The third-order valence-corrected chi connectivity index (χ3v) is 5.53. The number of carbonyl (C=O) groups excluding carboxylic acids is 1. The van der Waals surface area contributed by atoms with Gasteiger partial charge in [0.2, 0.25) is 5.91 Å². The van der Waals surface area contributed by atoms with Gasteiger partial charge in [-0.2, -0.15) is 0 Å². The highest BCUT2D eigenvalue weighted by Gasteiger charge is 2.28. The van der Waals surface area contributed by atoms with Crippen LogP contribution in [-0.2, 0) is 24.2 Å². The van der Waals surface area contributed by atoms with E-state index in [4.69, 9.17) is 11.6 Å². The summed E-state index contributed by atoms with van der Waals surface area (Å²) in [6.07, 6.45) is 3.67. The number of rotatable bonds is 4. The van der Waals surface area contributed by atoms with Gasteiger partial charge in [0.15, 0.2) is 17.3 Å². The van der Waals surface area contributed by atoms with Gasteiger partial charge in [-0.15, -0.1) is 11.6 Å². The van der Waals surface area contributed by atoms with E-state index in [9.17, 15) is 13.6 Å². The Kier molecular flexibility index (Phi) is 4.98. The van der Waals surface area contributed by atoms with Crippen LogP contribution in [0.1, 0.15) is 28.7 Å². The number of carbonyl (C=O) groups is 1. The van der Waals surface area contributed by atoms with Crippen LogP contribution < -0.4 is 4.90 Å². The number of aromatic nitrogens is 2. The molecule has 0 radical (unpaired) electrons. The minimum Gasteiger partial charge on any atom is -0.291 e. The van der Waals surface area contributed by atoms with Gasteiger partial charge in [-0.3, -0.25) is 9.69 Å². The Labute approximate surface area is 166 Å².